The van der Waals surface area contributed by atoms with Crippen molar-refractivity contribution in [2.24, 2.45) is 11.8 Å². The van der Waals surface area contributed by atoms with Crippen molar-refractivity contribution in [3.05, 3.63) is 78.1 Å². The van der Waals surface area contributed by atoms with Gasteiger partial charge in [-0.3, -0.25) is 9.59 Å². The fourth-order valence-corrected chi connectivity index (χ4v) is 7.35. The second-order valence-electron chi connectivity index (χ2n) is 11.7. The Bertz CT molecular complexity index is 1530. The second-order valence-corrected chi connectivity index (χ2v) is 13.4. The van der Waals surface area contributed by atoms with Crippen molar-refractivity contribution in [2.45, 2.75) is 70.9 Å². The molecule has 226 valence electrons. The zero-order valence-corrected chi connectivity index (χ0v) is 29.7. The molecule has 2 aromatic rings. The normalized spacial score (nSPS) is 24.6. The molecule has 2 amide bonds. The molecule has 6 rings (SSSR count). The molecular weight excluding hydrogens is 645 g/mol. The van der Waals surface area contributed by atoms with E-state index in [2.05, 4.69) is 10.6 Å². The first kappa shape index (κ1) is 36.1. The number of aliphatic hydroxyl groups excluding tert-OH is 2. The van der Waals surface area contributed by atoms with Crippen LogP contribution in [0.15, 0.2) is 35.8 Å². The first-order valence-corrected chi connectivity index (χ1v) is 15.2. The van der Waals surface area contributed by atoms with Crippen LogP contribution in [0.3, 0.4) is 0 Å². The van der Waals surface area contributed by atoms with Crippen molar-refractivity contribution in [1.29, 1.82) is 0 Å². The summed E-state index contributed by atoms with van der Waals surface area (Å²) >= 11 is 24.5. The summed E-state index contributed by atoms with van der Waals surface area (Å²) in [6.45, 7) is 7.54. The van der Waals surface area contributed by atoms with Gasteiger partial charge in [-0.1, -0.05) is 53.3 Å². The fourth-order valence-electron chi connectivity index (χ4n) is 6.03. The molecule has 0 radical (unpaired) electrons. The van der Waals surface area contributed by atoms with E-state index >= 15 is 0 Å². The number of hydrogen-bond donors (Lipinski definition) is 4. The molecule has 2 saturated carbocycles. The van der Waals surface area contributed by atoms with Crippen LogP contribution < -0.4 is 40.2 Å². The molecule has 2 fully saturated rings. The third-order valence-corrected chi connectivity index (χ3v) is 9.75. The summed E-state index contributed by atoms with van der Waals surface area (Å²) in [6.07, 6.45) is 4.74. The van der Waals surface area contributed by atoms with Crippen molar-refractivity contribution in [1.82, 2.24) is 10.6 Å². The molecule has 2 aromatic carbocycles. The van der Waals surface area contributed by atoms with Gasteiger partial charge in [-0.25, -0.2) is 0 Å². The molecule has 2 aliphatic heterocycles. The van der Waals surface area contributed by atoms with Crippen LogP contribution in [-0.2, 0) is 16.0 Å². The van der Waals surface area contributed by atoms with E-state index in [1.165, 1.54) is 0 Å². The van der Waals surface area contributed by atoms with Crippen LogP contribution in [0.25, 0.3) is 11.1 Å². The van der Waals surface area contributed by atoms with Crippen molar-refractivity contribution in [3.63, 3.8) is 0 Å². The van der Waals surface area contributed by atoms with Crippen molar-refractivity contribution >= 4 is 69.4 Å². The Hall–Kier alpha value is -1.42. The maximum absolute atomic E-state index is 12.4. The van der Waals surface area contributed by atoms with E-state index in [-0.39, 0.29) is 63.9 Å². The van der Waals surface area contributed by atoms with Crippen LogP contribution in [-0.4, -0.2) is 38.6 Å². The Balaban J connectivity index is 0.000000225. The molecule has 0 spiro atoms. The van der Waals surface area contributed by atoms with E-state index in [0.717, 1.165) is 36.8 Å². The maximum atomic E-state index is 12.4. The number of rotatable bonds is 5. The van der Waals surface area contributed by atoms with Gasteiger partial charge in [-0.05, 0) is 100 Å². The summed E-state index contributed by atoms with van der Waals surface area (Å²) in [6, 6.07) is 6.73. The Morgan fingerprint density at radius 3 is 1.56 bits per heavy atom. The maximum Gasteiger partial charge on any atom is 1.00 e. The Kier molecular flexibility index (Phi) is 11.0. The van der Waals surface area contributed by atoms with E-state index in [1.54, 1.807) is 24.3 Å². The molecule has 4 aliphatic rings. The molecule has 2 unspecified atom stereocenters. The number of hydrogen-bond acceptors (Lipinski definition) is 5. The molecule has 0 aromatic heterocycles. The number of aliphatic hydroxyl groups is 2. The number of halogens is 4. The molecule has 0 bridgehead atoms. The minimum Gasteiger partial charge on any atom is -0.870 e. The van der Waals surface area contributed by atoms with Gasteiger partial charge < -0.3 is 26.3 Å². The van der Waals surface area contributed by atoms with E-state index in [0.29, 0.717) is 55.0 Å². The molecule has 12 heteroatoms. The average Bonchev–Trinajstić information content (AvgIpc) is 3.79. The molecule has 2 aliphatic carbocycles. The predicted octanol–water partition coefficient (Wildman–Crippen LogP) is 4.82. The minimum atomic E-state index is -0.666. The van der Waals surface area contributed by atoms with Crippen LogP contribution in [0, 0.1) is 18.8 Å². The van der Waals surface area contributed by atoms with Crippen molar-refractivity contribution < 1.29 is 54.8 Å². The first-order chi connectivity index (χ1) is 19.2. The number of benzene rings is 2. The summed E-state index contributed by atoms with van der Waals surface area (Å²) in [7, 11) is 0. The van der Waals surface area contributed by atoms with Crippen LogP contribution in [0.5, 0.6) is 0 Å². The van der Waals surface area contributed by atoms with Gasteiger partial charge in [0.15, 0.2) is 0 Å². The van der Waals surface area contributed by atoms with E-state index in [9.17, 15) is 19.8 Å². The van der Waals surface area contributed by atoms with E-state index < -0.39 is 11.1 Å². The fraction of sp³-hybridized carbons (Fsp3) is 0.419. The predicted molar refractivity (Wildman–Crippen MR) is 167 cm³/mol. The second kappa shape index (κ2) is 13.1. The van der Waals surface area contributed by atoms with Gasteiger partial charge in [0.05, 0.1) is 32.3 Å². The molecule has 2 heterocycles. The third-order valence-electron chi connectivity index (χ3n) is 8.72. The summed E-state index contributed by atoms with van der Waals surface area (Å²) in [5.41, 5.74) is 2.05. The van der Waals surface area contributed by atoms with Crippen LogP contribution >= 0.6 is 46.4 Å². The average molecular weight is 678 g/mol. The Morgan fingerprint density at radius 1 is 0.767 bits per heavy atom. The Morgan fingerprint density at radius 2 is 1.16 bits per heavy atom. The zero-order chi connectivity index (χ0) is 30.0. The van der Waals surface area contributed by atoms with Crippen molar-refractivity contribution in [2.75, 3.05) is 0 Å². The molecule has 43 heavy (non-hydrogen) atoms. The summed E-state index contributed by atoms with van der Waals surface area (Å²) in [4.78, 5) is 24.7. The molecular formula is C31H33Cl4N2NaO5. The SMILES string of the molecule is CCc1cc(Cl)cc(Cl)c1C1=C(O)C(C)(C2CC2)NC1=O.Cc1cc(Cl)cc(Cl)c1C1=C(O)C(C)(C2CC2)NC1=O.[Na+].[OH-]. The molecule has 7 nitrogen and oxygen atoms in total. The Labute approximate surface area is 293 Å². The van der Waals surface area contributed by atoms with Gasteiger partial charge in [0, 0.05) is 21.2 Å². The van der Waals surface area contributed by atoms with Gasteiger partial charge in [0.25, 0.3) is 11.8 Å². The monoisotopic (exact) mass is 676 g/mol. The van der Waals surface area contributed by atoms with Crippen LogP contribution in [0.1, 0.15) is 68.7 Å². The minimum absolute atomic E-state index is 0. The zero-order valence-electron chi connectivity index (χ0n) is 24.7. The smallest absolute Gasteiger partial charge is 0.870 e. The van der Waals surface area contributed by atoms with Gasteiger partial charge >= 0.3 is 29.6 Å². The number of amides is 2. The summed E-state index contributed by atoms with van der Waals surface area (Å²) < 4.78 is 0. The van der Waals surface area contributed by atoms with Gasteiger partial charge in [-0.2, -0.15) is 0 Å². The largest absolute Gasteiger partial charge is 1.00 e. The molecule has 5 N–H and O–H groups in total. The standard InChI is InChI=1S/C16H17Cl2NO2.C15H15Cl2NO2.Na.H2O/c1-3-8-6-10(17)7-11(18)12(8)13-14(20)16(2,9-4-5-9)19-15(13)21;1-7-5-9(16)6-10(17)11(7)12-13(19)15(2,8-3-4-8)18-14(12)20;;/h6-7,9,20H,3-5H2,1-2H3,(H,19,21);5-6,8,19H,3-4H2,1-2H3,(H,18,20);;1H2/q;;+1;/p-1. The molecule has 2 atom stereocenters. The molecule has 0 saturated heterocycles. The van der Waals surface area contributed by atoms with E-state index in [1.807, 2.05) is 27.7 Å². The van der Waals surface area contributed by atoms with Gasteiger partial charge in [0.1, 0.15) is 11.5 Å². The van der Waals surface area contributed by atoms with Gasteiger partial charge in [-0.15, -0.1) is 0 Å². The summed E-state index contributed by atoms with van der Waals surface area (Å²) in [5, 5.41) is 28.9. The third kappa shape index (κ3) is 6.48. The summed E-state index contributed by atoms with van der Waals surface area (Å²) in [5.74, 6) is 0.265. The van der Waals surface area contributed by atoms with E-state index in [4.69, 9.17) is 46.4 Å². The number of carbonyl (C=O) groups excluding carboxylic acids is 2. The van der Waals surface area contributed by atoms with Gasteiger partial charge in [0.2, 0.25) is 0 Å². The number of carbonyl (C=O) groups is 2. The van der Waals surface area contributed by atoms with Crippen molar-refractivity contribution in [3.8, 4) is 0 Å². The number of nitrogens with one attached hydrogen (secondary N) is 2. The number of aryl methyl sites for hydroxylation is 2. The van der Waals surface area contributed by atoms with Crippen LogP contribution in [0.2, 0.25) is 20.1 Å². The topological polar surface area (TPSA) is 129 Å². The first-order valence-electron chi connectivity index (χ1n) is 13.7. The quantitative estimate of drug-likeness (QED) is 0.338. The van der Waals surface area contributed by atoms with Crippen LogP contribution in [0.4, 0.5) is 0 Å².